The molecule has 1 heterocycles. The molecule has 1 saturated heterocycles. The molecule has 3 heteroatoms. The zero-order valence-corrected chi connectivity index (χ0v) is 13.7. The first-order chi connectivity index (χ1) is 10.8. The van der Waals surface area contributed by atoms with Gasteiger partial charge in [0.1, 0.15) is 0 Å². The summed E-state index contributed by atoms with van der Waals surface area (Å²) in [5, 5.41) is 2.73. The van der Waals surface area contributed by atoms with Crippen molar-refractivity contribution in [3.8, 4) is 0 Å². The molecule has 2 aromatic carbocycles. The quantitative estimate of drug-likeness (QED) is 0.844. The molecule has 3 rings (SSSR count). The number of fused-ring (bicyclic) bond motifs is 1. The fourth-order valence-corrected chi connectivity index (χ4v) is 3.38. The molecule has 0 bridgehead atoms. The van der Waals surface area contributed by atoms with E-state index in [2.05, 4.69) is 59.2 Å². The van der Waals surface area contributed by atoms with Gasteiger partial charge in [-0.05, 0) is 23.3 Å². The summed E-state index contributed by atoms with van der Waals surface area (Å²) in [6, 6.07) is 15.8. The first kappa shape index (κ1) is 15.5. The topological polar surface area (TPSA) is 15.7 Å². The van der Waals surface area contributed by atoms with Gasteiger partial charge in [0.25, 0.3) is 0 Å². The predicted octanol–water partition coefficient (Wildman–Crippen LogP) is 2.99. The molecule has 0 aromatic heterocycles. The van der Waals surface area contributed by atoms with Crippen LogP contribution in [0, 0.1) is 0 Å². The zero-order valence-electron chi connectivity index (χ0n) is 13.7. The van der Waals surface area contributed by atoms with E-state index in [0.717, 1.165) is 39.3 Å². The third-order valence-corrected chi connectivity index (χ3v) is 4.71. The second-order valence-corrected chi connectivity index (χ2v) is 6.25. The van der Waals surface area contributed by atoms with Crippen molar-refractivity contribution in [2.45, 2.75) is 19.5 Å². The number of piperazine rings is 1. The largest absolute Gasteiger partial charge is 0.383 e. The van der Waals surface area contributed by atoms with E-state index in [0.29, 0.717) is 6.04 Å². The summed E-state index contributed by atoms with van der Waals surface area (Å²) in [7, 11) is 1.78. The van der Waals surface area contributed by atoms with Crippen LogP contribution >= 0.6 is 0 Å². The number of rotatable bonds is 5. The Morgan fingerprint density at radius 2 is 1.73 bits per heavy atom. The zero-order chi connectivity index (χ0) is 15.4. The number of nitrogens with zero attached hydrogens (tertiary/aromatic N) is 2. The van der Waals surface area contributed by atoms with Gasteiger partial charge in [0.15, 0.2) is 0 Å². The smallest absolute Gasteiger partial charge is 0.0615 e. The van der Waals surface area contributed by atoms with Gasteiger partial charge < -0.3 is 4.74 Å². The van der Waals surface area contributed by atoms with E-state index in [1.807, 2.05) is 0 Å². The Morgan fingerprint density at radius 3 is 2.50 bits per heavy atom. The normalized spacial score (nSPS) is 18.6. The van der Waals surface area contributed by atoms with Crippen LogP contribution in [-0.4, -0.2) is 55.7 Å². The van der Waals surface area contributed by atoms with Crippen molar-refractivity contribution >= 4 is 10.8 Å². The van der Waals surface area contributed by atoms with Crippen LogP contribution < -0.4 is 0 Å². The van der Waals surface area contributed by atoms with E-state index >= 15 is 0 Å². The van der Waals surface area contributed by atoms with Crippen LogP contribution in [0.4, 0.5) is 0 Å². The maximum absolute atomic E-state index is 5.27. The number of hydrogen-bond acceptors (Lipinski definition) is 3. The van der Waals surface area contributed by atoms with Gasteiger partial charge in [0.2, 0.25) is 0 Å². The molecular weight excluding hydrogens is 272 g/mol. The van der Waals surface area contributed by atoms with Gasteiger partial charge in [0.05, 0.1) is 6.61 Å². The lowest BCUT2D eigenvalue weighted by atomic mass is 10.0. The minimum Gasteiger partial charge on any atom is -0.383 e. The molecular formula is C19H26N2O. The van der Waals surface area contributed by atoms with Crippen molar-refractivity contribution in [3.63, 3.8) is 0 Å². The SMILES string of the molecule is COCC(C)N1CCN(Cc2cccc3ccccc23)CC1. The van der Waals surface area contributed by atoms with E-state index in [1.54, 1.807) is 7.11 Å². The van der Waals surface area contributed by atoms with Crippen molar-refractivity contribution in [2.75, 3.05) is 39.9 Å². The molecule has 1 fully saturated rings. The molecule has 0 aliphatic carbocycles. The molecule has 0 radical (unpaired) electrons. The van der Waals surface area contributed by atoms with E-state index in [-0.39, 0.29) is 0 Å². The Morgan fingerprint density at radius 1 is 1.00 bits per heavy atom. The van der Waals surface area contributed by atoms with Crippen molar-refractivity contribution in [2.24, 2.45) is 0 Å². The molecule has 118 valence electrons. The Bertz CT molecular complexity index is 600. The average molecular weight is 298 g/mol. The lowest BCUT2D eigenvalue weighted by Crippen LogP contribution is -2.50. The van der Waals surface area contributed by atoms with Crippen LogP contribution in [0.3, 0.4) is 0 Å². The third kappa shape index (κ3) is 3.49. The minimum absolute atomic E-state index is 0.518. The Hall–Kier alpha value is -1.42. The van der Waals surface area contributed by atoms with E-state index < -0.39 is 0 Å². The van der Waals surface area contributed by atoms with Crippen LogP contribution in [-0.2, 0) is 11.3 Å². The number of methoxy groups -OCH3 is 1. The Kier molecular flexibility index (Phi) is 5.08. The standard InChI is InChI=1S/C19H26N2O/c1-16(15-22-2)21-12-10-20(11-13-21)14-18-8-5-7-17-6-3-4-9-19(17)18/h3-9,16H,10-15H2,1-2H3. The number of benzene rings is 2. The third-order valence-electron chi connectivity index (χ3n) is 4.71. The predicted molar refractivity (Wildman–Crippen MR) is 92.1 cm³/mol. The van der Waals surface area contributed by atoms with Crippen LogP contribution in [0.15, 0.2) is 42.5 Å². The molecule has 2 aromatic rings. The fraction of sp³-hybridized carbons (Fsp3) is 0.474. The first-order valence-corrected chi connectivity index (χ1v) is 8.20. The second kappa shape index (κ2) is 7.23. The highest BCUT2D eigenvalue weighted by Crippen LogP contribution is 2.20. The highest BCUT2D eigenvalue weighted by Gasteiger charge is 2.21. The summed E-state index contributed by atoms with van der Waals surface area (Å²) >= 11 is 0. The Balaban J connectivity index is 1.63. The van der Waals surface area contributed by atoms with Gasteiger partial charge in [-0.1, -0.05) is 42.5 Å². The van der Waals surface area contributed by atoms with Crippen LogP contribution in [0.1, 0.15) is 12.5 Å². The van der Waals surface area contributed by atoms with Crippen molar-refractivity contribution in [1.82, 2.24) is 9.80 Å². The van der Waals surface area contributed by atoms with Gasteiger partial charge in [-0.15, -0.1) is 0 Å². The maximum Gasteiger partial charge on any atom is 0.0615 e. The molecule has 22 heavy (non-hydrogen) atoms. The molecule has 1 aliphatic heterocycles. The van der Waals surface area contributed by atoms with Crippen molar-refractivity contribution in [3.05, 3.63) is 48.0 Å². The lowest BCUT2D eigenvalue weighted by molar-refractivity contribution is 0.0551. The van der Waals surface area contributed by atoms with Crippen molar-refractivity contribution < 1.29 is 4.74 Å². The molecule has 1 unspecified atom stereocenters. The summed E-state index contributed by atoms with van der Waals surface area (Å²) in [5.74, 6) is 0. The molecule has 0 spiro atoms. The molecule has 0 amide bonds. The highest BCUT2D eigenvalue weighted by atomic mass is 16.5. The number of ether oxygens (including phenoxy) is 1. The van der Waals surface area contributed by atoms with Gasteiger partial charge >= 0.3 is 0 Å². The summed E-state index contributed by atoms with van der Waals surface area (Å²) in [6.07, 6.45) is 0. The maximum atomic E-state index is 5.27. The monoisotopic (exact) mass is 298 g/mol. The molecule has 0 saturated carbocycles. The minimum atomic E-state index is 0.518. The molecule has 3 nitrogen and oxygen atoms in total. The molecule has 0 N–H and O–H groups in total. The van der Waals surface area contributed by atoms with Crippen LogP contribution in [0.2, 0.25) is 0 Å². The lowest BCUT2D eigenvalue weighted by Gasteiger charge is -2.38. The van der Waals surface area contributed by atoms with Gasteiger partial charge in [0, 0.05) is 45.9 Å². The molecule has 1 aliphatic rings. The van der Waals surface area contributed by atoms with E-state index in [4.69, 9.17) is 4.74 Å². The van der Waals surface area contributed by atoms with Crippen molar-refractivity contribution in [1.29, 1.82) is 0 Å². The van der Waals surface area contributed by atoms with Gasteiger partial charge in [-0.2, -0.15) is 0 Å². The van der Waals surface area contributed by atoms with Gasteiger partial charge in [-0.3, -0.25) is 9.80 Å². The van der Waals surface area contributed by atoms with Crippen LogP contribution in [0.5, 0.6) is 0 Å². The van der Waals surface area contributed by atoms with E-state index in [9.17, 15) is 0 Å². The average Bonchev–Trinajstić information content (AvgIpc) is 2.56. The first-order valence-electron chi connectivity index (χ1n) is 8.20. The number of hydrogen-bond donors (Lipinski definition) is 0. The summed E-state index contributed by atoms with van der Waals surface area (Å²) in [6.45, 7) is 8.67. The molecule has 1 atom stereocenters. The van der Waals surface area contributed by atoms with Crippen LogP contribution in [0.25, 0.3) is 10.8 Å². The summed E-state index contributed by atoms with van der Waals surface area (Å²) in [5.41, 5.74) is 1.44. The summed E-state index contributed by atoms with van der Waals surface area (Å²) < 4.78 is 5.27. The highest BCUT2D eigenvalue weighted by molar-refractivity contribution is 5.85. The fourth-order valence-electron chi connectivity index (χ4n) is 3.38. The second-order valence-electron chi connectivity index (χ2n) is 6.25. The van der Waals surface area contributed by atoms with E-state index in [1.165, 1.54) is 16.3 Å². The van der Waals surface area contributed by atoms with Gasteiger partial charge in [-0.25, -0.2) is 0 Å². The summed E-state index contributed by atoms with van der Waals surface area (Å²) in [4.78, 5) is 5.10. The Labute approximate surface area is 133 Å².